The van der Waals surface area contributed by atoms with E-state index in [0.29, 0.717) is 19.4 Å². The molecule has 2 N–H and O–H groups in total. The molecule has 1 saturated heterocycles. The number of benzene rings is 1. The normalized spacial score (nSPS) is 23.7. The van der Waals surface area contributed by atoms with Gasteiger partial charge in [0.05, 0.1) is 6.61 Å². The summed E-state index contributed by atoms with van der Waals surface area (Å²) in [7, 11) is 0. The summed E-state index contributed by atoms with van der Waals surface area (Å²) in [5, 5.41) is 0. The van der Waals surface area contributed by atoms with Crippen LogP contribution in [0.25, 0.3) is 0 Å². The third-order valence-electron chi connectivity index (χ3n) is 3.69. The van der Waals surface area contributed by atoms with E-state index in [1.807, 2.05) is 23.9 Å². The number of rotatable bonds is 2. The Morgan fingerprint density at radius 3 is 3.21 bits per heavy atom. The molecule has 104 valence electrons. The van der Waals surface area contributed by atoms with Crippen molar-refractivity contribution < 1.29 is 9.47 Å². The van der Waals surface area contributed by atoms with Crippen molar-refractivity contribution in [2.45, 2.75) is 26.1 Å². The van der Waals surface area contributed by atoms with Gasteiger partial charge in [0.1, 0.15) is 5.75 Å². The lowest BCUT2D eigenvalue weighted by Gasteiger charge is -2.34. The first kappa shape index (κ1) is 13.1. The Labute approximate surface area is 118 Å². The van der Waals surface area contributed by atoms with Crippen LogP contribution in [0.1, 0.15) is 18.1 Å². The van der Waals surface area contributed by atoms with Gasteiger partial charge >= 0.3 is 0 Å². The van der Waals surface area contributed by atoms with E-state index in [-0.39, 0.29) is 0 Å². The Morgan fingerprint density at radius 2 is 2.37 bits per heavy atom. The van der Waals surface area contributed by atoms with Crippen molar-refractivity contribution in [3.05, 3.63) is 23.3 Å². The van der Waals surface area contributed by atoms with E-state index in [1.54, 1.807) is 0 Å². The summed E-state index contributed by atoms with van der Waals surface area (Å²) in [4.78, 5) is 2.50. The van der Waals surface area contributed by atoms with Crippen LogP contribution in [-0.2, 0) is 17.9 Å². The van der Waals surface area contributed by atoms with Crippen LogP contribution in [0.15, 0.2) is 12.1 Å². The third-order valence-corrected chi connectivity index (χ3v) is 4.88. The molecule has 1 aromatic carbocycles. The monoisotopic (exact) mass is 280 g/mol. The van der Waals surface area contributed by atoms with Crippen LogP contribution >= 0.6 is 11.8 Å². The number of nitrogens with zero attached hydrogens (tertiary/aromatic N) is 1. The maximum Gasteiger partial charge on any atom is 0.189 e. The van der Waals surface area contributed by atoms with Crippen LogP contribution in [0, 0.1) is 0 Å². The highest BCUT2D eigenvalue weighted by Gasteiger charge is 2.22. The topological polar surface area (TPSA) is 47.7 Å². The van der Waals surface area contributed by atoms with Gasteiger partial charge in [-0.3, -0.25) is 4.90 Å². The lowest BCUT2D eigenvalue weighted by molar-refractivity contribution is -0.0175. The van der Waals surface area contributed by atoms with Crippen molar-refractivity contribution in [1.29, 1.82) is 0 Å². The fourth-order valence-electron chi connectivity index (χ4n) is 2.66. The number of nitrogens with two attached hydrogens (primary N) is 1. The molecule has 0 radical (unpaired) electrons. The van der Waals surface area contributed by atoms with Gasteiger partial charge in [-0.05, 0) is 19.1 Å². The molecule has 3 rings (SSSR count). The van der Waals surface area contributed by atoms with E-state index in [0.717, 1.165) is 30.1 Å². The Morgan fingerprint density at radius 1 is 1.47 bits per heavy atom. The molecule has 2 aliphatic heterocycles. The number of anilines is 1. The molecule has 2 aliphatic rings. The average molecular weight is 280 g/mol. The van der Waals surface area contributed by atoms with Gasteiger partial charge in [-0.25, -0.2) is 0 Å². The molecule has 5 heteroatoms. The van der Waals surface area contributed by atoms with Crippen molar-refractivity contribution in [1.82, 2.24) is 4.90 Å². The zero-order valence-corrected chi connectivity index (χ0v) is 12.0. The minimum absolute atomic E-state index is 0.343. The van der Waals surface area contributed by atoms with Gasteiger partial charge in [-0.1, -0.05) is 0 Å². The summed E-state index contributed by atoms with van der Waals surface area (Å²) in [5.74, 6) is 3.39. The Hall–Kier alpha value is -0.910. The molecule has 1 aromatic rings. The van der Waals surface area contributed by atoms with Gasteiger partial charge in [-0.15, -0.1) is 0 Å². The Kier molecular flexibility index (Phi) is 3.86. The van der Waals surface area contributed by atoms with E-state index < -0.39 is 0 Å². The van der Waals surface area contributed by atoms with Crippen molar-refractivity contribution in [3.8, 4) is 5.75 Å². The van der Waals surface area contributed by atoms with E-state index in [1.165, 1.54) is 17.1 Å². The molecule has 0 saturated carbocycles. The lowest BCUT2D eigenvalue weighted by Crippen LogP contribution is -2.39. The second-order valence-electron chi connectivity index (χ2n) is 5.17. The summed E-state index contributed by atoms with van der Waals surface area (Å²) >= 11 is 2.03. The molecule has 19 heavy (non-hydrogen) atoms. The molecule has 0 spiro atoms. The highest BCUT2D eigenvalue weighted by atomic mass is 32.2. The fraction of sp³-hybridized carbons (Fsp3) is 0.571. The Bertz CT molecular complexity index is 467. The molecular formula is C14H20N2O2S. The van der Waals surface area contributed by atoms with Crippen molar-refractivity contribution in [3.63, 3.8) is 0 Å². The maximum atomic E-state index is 5.99. The molecule has 0 amide bonds. The van der Waals surface area contributed by atoms with Gasteiger partial charge in [-0.2, -0.15) is 11.8 Å². The second-order valence-corrected chi connectivity index (χ2v) is 6.32. The van der Waals surface area contributed by atoms with Crippen LogP contribution in [0.5, 0.6) is 5.75 Å². The summed E-state index contributed by atoms with van der Waals surface area (Å²) < 4.78 is 11.0. The van der Waals surface area contributed by atoms with Gasteiger partial charge < -0.3 is 15.2 Å². The smallest absolute Gasteiger partial charge is 0.189 e. The molecule has 4 nitrogen and oxygen atoms in total. The average Bonchev–Trinajstić information content (AvgIpc) is 2.41. The van der Waals surface area contributed by atoms with E-state index >= 15 is 0 Å². The zero-order chi connectivity index (χ0) is 13.2. The lowest BCUT2D eigenvalue weighted by atomic mass is 10.1. The van der Waals surface area contributed by atoms with Gasteiger partial charge in [0.15, 0.2) is 6.79 Å². The summed E-state index contributed by atoms with van der Waals surface area (Å²) in [6.45, 7) is 5.27. The van der Waals surface area contributed by atoms with Gasteiger partial charge in [0.2, 0.25) is 0 Å². The third kappa shape index (κ3) is 2.83. The number of thioether (sulfide) groups is 1. The summed E-state index contributed by atoms with van der Waals surface area (Å²) in [5.41, 5.74) is 9.04. The molecule has 1 fully saturated rings. The number of fused-ring (bicyclic) bond motifs is 1. The van der Waals surface area contributed by atoms with Crippen molar-refractivity contribution in [2.75, 3.05) is 30.6 Å². The number of nitrogen functional groups attached to an aromatic ring is 1. The number of ether oxygens (including phenoxy) is 2. The number of hydrogen-bond donors (Lipinski definition) is 1. The van der Waals surface area contributed by atoms with Crippen LogP contribution < -0.4 is 10.5 Å². The highest BCUT2D eigenvalue weighted by Crippen LogP contribution is 2.32. The maximum absolute atomic E-state index is 5.99. The summed E-state index contributed by atoms with van der Waals surface area (Å²) in [6.07, 6.45) is 0. The summed E-state index contributed by atoms with van der Waals surface area (Å²) in [6, 6.07) is 4.60. The molecule has 0 bridgehead atoms. The number of hydrogen-bond acceptors (Lipinski definition) is 5. The largest absolute Gasteiger partial charge is 0.467 e. The van der Waals surface area contributed by atoms with Gasteiger partial charge in [0.25, 0.3) is 0 Å². The predicted octanol–water partition coefficient (Wildman–Crippen LogP) is 2.07. The van der Waals surface area contributed by atoms with Crippen LogP contribution in [0.3, 0.4) is 0 Å². The highest BCUT2D eigenvalue weighted by molar-refractivity contribution is 7.99. The second kappa shape index (κ2) is 5.61. The SMILES string of the molecule is CC1CSCCN1Cc1cc(N)cc2c1OCOC2. The van der Waals surface area contributed by atoms with Crippen molar-refractivity contribution >= 4 is 17.4 Å². The Balaban J connectivity index is 1.85. The van der Waals surface area contributed by atoms with E-state index in [4.69, 9.17) is 15.2 Å². The van der Waals surface area contributed by atoms with Gasteiger partial charge in [0, 0.05) is 47.5 Å². The fourth-order valence-corrected chi connectivity index (χ4v) is 3.74. The van der Waals surface area contributed by atoms with Crippen LogP contribution in [0.2, 0.25) is 0 Å². The first-order chi connectivity index (χ1) is 9.24. The quantitative estimate of drug-likeness (QED) is 0.840. The molecular weight excluding hydrogens is 260 g/mol. The first-order valence-electron chi connectivity index (χ1n) is 6.67. The molecule has 0 aliphatic carbocycles. The van der Waals surface area contributed by atoms with Crippen LogP contribution in [-0.4, -0.2) is 35.8 Å². The minimum Gasteiger partial charge on any atom is -0.467 e. The molecule has 1 unspecified atom stereocenters. The van der Waals surface area contributed by atoms with E-state index in [2.05, 4.69) is 11.8 Å². The molecule has 1 atom stereocenters. The predicted molar refractivity (Wildman–Crippen MR) is 78.3 cm³/mol. The standard InChI is InChI=1S/C14H20N2O2S/c1-10-8-19-3-2-16(10)6-11-4-13(15)5-12-7-17-9-18-14(11)12/h4-5,10H,2-3,6-9,15H2,1H3. The van der Waals surface area contributed by atoms with E-state index in [9.17, 15) is 0 Å². The van der Waals surface area contributed by atoms with Crippen LogP contribution in [0.4, 0.5) is 5.69 Å². The van der Waals surface area contributed by atoms with Crippen molar-refractivity contribution in [2.24, 2.45) is 0 Å². The molecule has 0 aromatic heterocycles. The molecule has 2 heterocycles. The first-order valence-corrected chi connectivity index (χ1v) is 7.83. The zero-order valence-electron chi connectivity index (χ0n) is 11.2. The minimum atomic E-state index is 0.343.